The van der Waals surface area contributed by atoms with Crippen molar-refractivity contribution in [3.8, 4) is 5.75 Å². The zero-order valence-corrected chi connectivity index (χ0v) is 14.8. The zero-order valence-electron chi connectivity index (χ0n) is 14.8. The molecule has 1 saturated heterocycles. The smallest absolute Gasteiger partial charge is 0.225 e. The van der Waals surface area contributed by atoms with Gasteiger partial charge in [0, 0.05) is 37.8 Å². The summed E-state index contributed by atoms with van der Waals surface area (Å²) in [5, 5.41) is 0. The lowest BCUT2D eigenvalue weighted by Gasteiger charge is -2.37. The number of carbonyl (C=O) groups is 1. The molecule has 1 amide bonds. The number of carbonyl (C=O) groups excluding carboxylic acids is 1. The molecular formula is C19H30N2O2. The summed E-state index contributed by atoms with van der Waals surface area (Å²) < 4.78 is 5.20. The lowest BCUT2D eigenvalue weighted by Crippen LogP contribution is -2.50. The third kappa shape index (κ3) is 4.63. The number of methoxy groups -OCH3 is 1. The van der Waals surface area contributed by atoms with E-state index in [1.54, 1.807) is 7.11 Å². The molecule has 128 valence electrons. The van der Waals surface area contributed by atoms with E-state index < -0.39 is 0 Å². The highest BCUT2D eigenvalue weighted by atomic mass is 16.5. The second-order valence-corrected chi connectivity index (χ2v) is 6.26. The van der Waals surface area contributed by atoms with E-state index in [9.17, 15) is 4.79 Å². The number of hydrogen-bond acceptors (Lipinski definition) is 3. The molecule has 1 fully saturated rings. The highest BCUT2D eigenvalue weighted by molar-refractivity contribution is 5.79. The predicted octanol–water partition coefficient (Wildman–Crippen LogP) is 3.56. The van der Waals surface area contributed by atoms with Gasteiger partial charge in [-0.3, -0.25) is 4.79 Å². The van der Waals surface area contributed by atoms with Crippen LogP contribution in [0.25, 0.3) is 0 Å². The molecule has 0 bridgehead atoms. The van der Waals surface area contributed by atoms with Gasteiger partial charge < -0.3 is 14.5 Å². The van der Waals surface area contributed by atoms with Crippen molar-refractivity contribution >= 4 is 11.6 Å². The SMILES string of the molecule is CCCC[C@@H](CC)C(=O)N1CCN(c2ccc(OC)cc2)CC1. The Morgan fingerprint density at radius 1 is 1.13 bits per heavy atom. The fraction of sp³-hybridized carbons (Fsp3) is 0.632. The molecule has 1 aromatic carbocycles. The Kier molecular flexibility index (Phi) is 6.75. The number of benzene rings is 1. The van der Waals surface area contributed by atoms with Crippen LogP contribution in [0.15, 0.2) is 24.3 Å². The Hall–Kier alpha value is -1.71. The van der Waals surface area contributed by atoms with Crippen LogP contribution >= 0.6 is 0 Å². The van der Waals surface area contributed by atoms with Crippen molar-refractivity contribution in [1.29, 1.82) is 0 Å². The second-order valence-electron chi connectivity index (χ2n) is 6.26. The van der Waals surface area contributed by atoms with E-state index in [1.807, 2.05) is 12.1 Å². The lowest BCUT2D eigenvalue weighted by molar-refractivity contribution is -0.136. The Morgan fingerprint density at radius 3 is 2.30 bits per heavy atom. The molecule has 0 aliphatic carbocycles. The molecule has 1 heterocycles. The van der Waals surface area contributed by atoms with Gasteiger partial charge >= 0.3 is 0 Å². The molecule has 0 aromatic heterocycles. The minimum absolute atomic E-state index is 0.211. The van der Waals surface area contributed by atoms with Crippen molar-refractivity contribution in [1.82, 2.24) is 4.90 Å². The number of piperazine rings is 1. The highest BCUT2D eigenvalue weighted by Gasteiger charge is 2.26. The summed E-state index contributed by atoms with van der Waals surface area (Å²) in [6.07, 6.45) is 4.30. The number of anilines is 1. The first-order chi connectivity index (χ1) is 11.2. The van der Waals surface area contributed by atoms with Crippen LogP contribution in [0.5, 0.6) is 5.75 Å². The number of ether oxygens (including phenoxy) is 1. The van der Waals surface area contributed by atoms with Crippen LogP contribution < -0.4 is 9.64 Å². The summed E-state index contributed by atoms with van der Waals surface area (Å²) in [5.41, 5.74) is 1.20. The number of unbranched alkanes of at least 4 members (excludes halogenated alkanes) is 1. The molecule has 23 heavy (non-hydrogen) atoms. The van der Waals surface area contributed by atoms with Gasteiger partial charge in [-0.2, -0.15) is 0 Å². The maximum Gasteiger partial charge on any atom is 0.225 e. The predicted molar refractivity (Wildman–Crippen MR) is 95.1 cm³/mol. The fourth-order valence-corrected chi connectivity index (χ4v) is 3.19. The van der Waals surface area contributed by atoms with Gasteiger partial charge in [-0.1, -0.05) is 26.7 Å². The average molecular weight is 318 g/mol. The standard InChI is InChI=1S/C19H30N2O2/c1-4-6-7-16(5-2)19(22)21-14-12-20(13-15-21)17-8-10-18(23-3)11-9-17/h8-11,16H,4-7,12-15H2,1-3H3/t16-/m1/s1. The van der Waals surface area contributed by atoms with Crippen molar-refractivity contribution in [3.05, 3.63) is 24.3 Å². The van der Waals surface area contributed by atoms with Crippen molar-refractivity contribution in [2.24, 2.45) is 5.92 Å². The van der Waals surface area contributed by atoms with Crippen molar-refractivity contribution in [3.63, 3.8) is 0 Å². The summed E-state index contributed by atoms with van der Waals surface area (Å²) in [4.78, 5) is 17.1. The van der Waals surface area contributed by atoms with E-state index >= 15 is 0 Å². The maximum atomic E-state index is 12.7. The van der Waals surface area contributed by atoms with Crippen LogP contribution in [0.1, 0.15) is 39.5 Å². The largest absolute Gasteiger partial charge is 0.497 e. The summed E-state index contributed by atoms with van der Waals surface area (Å²) in [6, 6.07) is 8.16. The molecule has 0 saturated carbocycles. The third-order valence-electron chi connectivity index (χ3n) is 4.78. The van der Waals surface area contributed by atoms with Crippen LogP contribution in [0.4, 0.5) is 5.69 Å². The Morgan fingerprint density at radius 2 is 1.78 bits per heavy atom. The van der Waals surface area contributed by atoms with Crippen LogP contribution in [0.3, 0.4) is 0 Å². The minimum Gasteiger partial charge on any atom is -0.497 e. The monoisotopic (exact) mass is 318 g/mol. The van der Waals surface area contributed by atoms with Gasteiger partial charge in [0.1, 0.15) is 5.75 Å². The molecule has 0 spiro atoms. The molecule has 1 aliphatic heterocycles. The molecule has 0 unspecified atom stereocenters. The Bertz CT molecular complexity index is 479. The maximum absolute atomic E-state index is 12.7. The van der Waals surface area contributed by atoms with Gasteiger partial charge in [0.25, 0.3) is 0 Å². The molecule has 0 radical (unpaired) electrons. The molecule has 1 aliphatic rings. The van der Waals surface area contributed by atoms with Crippen LogP contribution in [0, 0.1) is 5.92 Å². The van der Waals surface area contributed by atoms with Crippen LogP contribution in [-0.4, -0.2) is 44.1 Å². The summed E-state index contributed by atoms with van der Waals surface area (Å²) in [6.45, 7) is 7.78. The van der Waals surface area contributed by atoms with Gasteiger partial charge in [0.15, 0.2) is 0 Å². The van der Waals surface area contributed by atoms with Crippen LogP contribution in [0.2, 0.25) is 0 Å². The van der Waals surface area contributed by atoms with E-state index in [-0.39, 0.29) is 5.92 Å². The van der Waals surface area contributed by atoms with Crippen molar-refractivity contribution in [2.45, 2.75) is 39.5 Å². The molecule has 2 rings (SSSR count). The zero-order chi connectivity index (χ0) is 16.7. The van der Waals surface area contributed by atoms with E-state index in [2.05, 4.69) is 35.8 Å². The van der Waals surface area contributed by atoms with Gasteiger partial charge in [-0.25, -0.2) is 0 Å². The van der Waals surface area contributed by atoms with Gasteiger partial charge in [0.2, 0.25) is 5.91 Å². The Balaban J connectivity index is 1.88. The van der Waals surface area contributed by atoms with E-state index in [0.29, 0.717) is 5.91 Å². The normalized spacial score (nSPS) is 16.3. The fourth-order valence-electron chi connectivity index (χ4n) is 3.19. The molecule has 4 nitrogen and oxygen atoms in total. The van der Waals surface area contributed by atoms with E-state index in [4.69, 9.17) is 4.74 Å². The number of rotatable bonds is 7. The molecular weight excluding hydrogens is 288 g/mol. The molecule has 4 heteroatoms. The van der Waals surface area contributed by atoms with E-state index in [0.717, 1.165) is 57.6 Å². The highest BCUT2D eigenvalue weighted by Crippen LogP contribution is 2.22. The van der Waals surface area contributed by atoms with Crippen molar-refractivity contribution < 1.29 is 9.53 Å². The summed E-state index contributed by atoms with van der Waals surface area (Å²) in [5.74, 6) is 1.45. The number of amides is 1. The van der Waals surface area contributed by atoms with Gasteiger partial charge in [-0.05, 0) is 37.1 Å². The molecule has 0 N–H and O–H groups in total. The first kappa shape index (κ1) is 17.6. The number of hydrogen-bond donors (Lipinski definition) is 0. The van der Waals surface area contributed by atoms with Crippen LogP contribution in [-0.2, 0) is 4.79 Å². The lowest BCUT2D eigenvalue weighted by atomic mass is 9.97. The summed E-state index contributed by atoms with van der Waals surface area (Å²) in [7, 11) is 1.68. The third-order valence-corrected chi connectivity index (χ3v) is 4.78. The molecule has 1 aromatic rings. The Labute approximate surface area is 140 Å². The number of nitrogens with zero attached hydrogens (tertiary/aromatic N) is 2. The topological polar surface area (TPSA) is 32.8 Å². The van der Waals surface area contributed by atoms with Crippen molar-refractivity contribution in [2.75, 3.05) is 38.2 Å². The first-order valence-electron chi connectivity index (χ1n) is 8.87. The summed E-state index contributed by atoms with van der Waals surface area (Å²) >= 11 is 0. The quantitative estimate of drug-likeness (QED) is 0.770. The molecule has 1 atom stereocenters. The average Bonchev–Trinajstić information content (AvgIpc) is 2.62. The first-order valence-corrected chi connectivity index (χ1v) is 8.87. The van der Waals surface area contributed by atoms with E-state index in [1.165, 1.54) is 5.69 Å². The van der Waals surface area contributed by atoms with Gasteiger partial charge in [-0.15, -0.1) is 0 Å². The second kappa shape index (κ2) is 8.80. The van der Waals surface area contributed by atoms with Gasteiger partial charge in [0.05, 0.1) is 7.11 Å². The minimum atomic E-state index is 0.211.